The molecule has 0 aliphatic carbocycles. The normalized spacial score (nSPS) is 10.3. The van der Waals surface area contributed by atoms with Crippen LogP contribution in [-0.4, -0.2) is 5.91 Å². The summed E-state index contributed by atoms with van der Waals surface area (Å²) < 4.78 is 0.995. The van der Waals surface area contributed by atoms with Crippen molar-refractivity contribution in [3.8, 4) is 0 Å². The van der Waals surface area contributed by atoms with E-state index in [4.69, 9.17) is 23.2 Å². The molecule has 0 saturated carbocycles. The summed E-state index contributed by atoms with van der Waals surface area (Å²) in [4.78, 5) is 11.9. The van der Waals surface area contributed by atoms with E-state index in [1.54, 1.807) is 12.1 Å². The second-order valence-corrected chi connectivity index (χ2v) is 6.08. The molecule has 0 unspecified atom stereocenters. The van der Waals surface area contributed by atoms with Gasteiger partial charge in [0.15, 0.2) is 0 Å². The molecular formula is C15H12BrCl2NO. The van der Waals surface area contributed by atoms with Gasteiger partial charge in [-0.25, -0.2) is 0 Å². The van der Waals surface area contributed by atoms with Gasteiger partial charge in [0.25, 0.3) is 0 Å². The highest BCUT2D eigenvalue weighted by Crippen LogP contribution is 2.20. The summed E-state index contributed by atoms with van der Waals surface area (Å²) in [5, 5.41) is 3.98. The lowest BCUT2D eigenvalue weighted by molar-refractivity contribution is -0.120. The lowest BCUT2D eigenvalue weighted by Crippen LogP contribution is -2.24. The first-order chi connectivity index (χ1) is 9.54. The molecule has 2 aromatic carbocycles. The van der Waals surface area contributed by atoms with Gasteiger partial charge in [0.2, 0.25) is 5.91 Å². The first kappa shape index (κ1) is 15.4. The predicted molar refractivity (Wildman–Crippen MR) is 86.2 cm³/mol. The third kappa shape index (κ3) is 4.51. The van der Waals surface area contributed by atoms with Gasteiger partial charge in [0, 0.05) is 21.1 Å². The smallest absolute Gasteiger partial charge is 0.224 e. The molecule has 0 aliphatic heterocycles. The van der Waals surface area contributed by atoms with Crippen molar-refractivity contribution in [1.82, 2.24) is 5.32 Å². The van der Waals surface area contributed by atoms with Crippen LogP contribution < -0.4 is 5.32 Å². The summed E-state index contributed by atoms with van der Waals surface area (Å²) in [5.74, 6) is -0.0432. The standard InChI is InChI=1S/C15H12BrCl2NO/c16-12-4-1-10(2-5-12)7-15(20)19-9-11-3-6-13(17)8-14(11)18/h1-6,8H,7,9H2,(H,19,20). The van der Waals surface area contributed by atoms with Crippen LogP contribution in [0.2, 0.25) is 10.0 Å². The van der Waals surface area contributed by atoms with Crippen LogP contribution >= 0.6 is 39.1 Å². The minimum absolute atomic E-state index is 0.0432. The van der Waals surface area contributed by atoms with E-state index < -0.39 is 0 Å². The van der Waals surface area contributed by atoms with Crippen LogP contribution in [0.25, 0.3) is 0 Å². The van der Waals surface area contributed by atoms with E-state index in [2.05, 4.69) is 21.2 Å². The Hall–Kier alpha value is -1.03. The van der Waals surface area contributed by atoms with Crippen LogP contribution in [0.15, 0.2) is 46.9 Å². The number of carbonyl (C=O) groups excluding carboxylic acids is 1. The molecule has 20 heavy (non-hydrogen) atoms. The molecule has 5 heteroatoms. The molecule has 0 saturated heterocycles. The molecule has 2 aromatic rings. The molecule has 0 aromatic heterocycles. The molecule has 2 nitrogen and oxygen atoms in total. The Bertz CT molecular complexity index is 614. The maximum atomic E-state index is 11.9. The number of halogens is 3. The van der Waals surface area contributed by atoms with Crippen LogP contribution in [0.1, 0.15) is 11.1 Å². The molecule has 1 amide bonds. The van der Waals surface area contributed by atoms with E-state index in [-0.39, 0.29) is 5.91 Å². The van der Waals surface area contributed by atoms with Crippen molar-refractivity contribution in [2.24, 2.45) is 0 Å². The third-order valence-corrected chi connectivity index (χ3v) is 3.88. The monoisotopic (exact) mass is 371 g/mol. The number of benzene rings is 2. The Labute approximate surface area is 136 Å². The number of hydrogen-bond donors (Lipinski definition) is 1. The van der Waals surface area contributed by atoms with Gasteiger partial charge in [0.05, 0.1) is 6.42 Å². The quantitative estimate of drug-likeness (QED) is 0.833. The minimum Gasteiger partial charge on any atom is -0.352 e. The van der Waals surface area contributed by atoms with Crippen molar-refractivity contribution in [3.05, 3.63) is 68.1 Å². The second-order valence-electron chi connectivity index (χ2n) is 4.32. The van der Waals surface area contributed by atoms with Gasteiger partial charge in [0.1, 0.15) is 0 Å². The minimum atomic E-state index is -0.0432. The van der Waals surface area contributed by atoms with Crippen LogP contribution in [0.3, 0.4) is 0 Å². The Morgan fingerprint density at radius 3 is 2.45 bits per heavy atom. The van der Waals surface area contributed by atoms with E-state index in [9.17, 15) is 4.79 Å². The van der Waals surface area contributed by atoms with Gasteiger partial charge >= 0.3 is 0 Å². The zero-order chi connectivity index (χ0) is 14.5. The van der Waals surface area contributed by atoms with Gasteiger partial charge in [-0.15, -0.1) is 0 Å². The third-order valence-electron chi connectivity index (χ3n) is 2.77. The maximum absolute atomic E-state index is 11.9. The van der Waals surface area contributed by atoms with E-state index in [1.807, 2.05) is 30.3 Å². The van der Waals surface area contributed by atoms with Gasteiger partial charge in [-0.3, -0.25) is 4.79 Å². The van der Waals surface area contributed by atoms with Crippen molar-refractivity contribution < 1.29 is 4.79 Å². The highest BCUT2D eigenvalue weighted by Gasteiger charge is 2.06. The maximum Gasteiger partial charge on any atom is 0.224 e. The predicted octanol–water partition coefficient (Wildman–Crippen LogP) is 4.61. The highest BCUT2D eigenvalue weighted by molar-refractivity contribution is 9.10. The topological polar surface area (TPSA) is 29.1 Å². The molecule has 0 fully saturated rings. The Balaban J connectivity index is 1.90. The van der Waals surface area contributed by atoms with Crippen molar-refractivity contribution in [2.45, 2.75) is 13.0 Å². The van der Waals surface area contributed by atoms with Crippen molar-refractivity contribution >= 4 is 45.0 Å². The summed E-state index contributed by atoms with van der Waals surface area (Å²) in [7, 11) is 0. The van der Waals surface area contributed by atoms with Crippen LogP contribution in [-0.2, 0) is 17.8 Å². The molecule has 1 N–H and O–H groups in total. The van der Waals surface area contributed by atoms with Crippen molar-refractivity contribution in [2.75, 3.05) is 0 Å². The van der Waals surface area contributed by atoms with E-state index in [1.165, 1.54) is 0 Å². The largest absolute Gasteiger partial charge is 0.352 e. The molecule has 0 aliphatic rings. The lowest BCUT2D eigenvalue weighted by atomic mass is 10.1. The Morgan fingerprint density at radius 1 is 1.10 bits per heavy atom. The van der Waals surface area contributed by atoms with E-state index in [0.29, 0.717) is 23.0 Å². The fourth-order valence-electron chi connectivity index (χ4n) is 1.71. The van der Waals surface area contributed by atoms with Gasteiger partial charge < -0.3 is 5.32 Å². The first-order valence-corrected chi connectivity index (χ1v) is 7.54. The van der Waals surface area contributed by atoms with Crippen molar-refractivity contribution in [1.29, 1.82) is 0 Å². The number of nitrogens with one attached hydrogen (secondary N) is 1. The molecule has 0 atom stereocenters. The number of rotatable bonds is 4. The number of hydrogen-bond acceptors (Lipinski definition) is 1. The van der Waals surface area contributed by atoms with Gasteiger partial charge in [-0.05, 0) is 35.4 Å². The molecule has 0 radical (unpaired) electrons. The van der Waals surface area contributed by atoms with Crippen LogP contribution in [0, 0.1) is 0 Å². The number of amides is 1. The van der Waals surface area contributed by atoms with Crippen LogP contribution in [0.4, 0.5) is 0 Å². The molecular weight excluding hydrogens is 361 g/mol. The summed E-state index contributed by atoms with van der Waals surface area (Å²) in [6.45, 7) is 0.394. The average molecular weight is 373 g/mol. The molecule has 0 bridgehead atoms. The molecule has 0 heterocycles. The van der Waals surface area contributed by atoms with E-state index in [0.717, 1.165) is 15.6 Å². The fourth-order valence-corrected chi connectivity index (χ4v) is 2.45. The number of carbonyl (C=O) groups is 1. The summed E-state index contributed by atoms with van der Waals surface area (Å²) >= 11 is 15.2. The zero-order valence-corrected chi connectivity index (χ0v) is 13.6. The Kier molecular flexibility index (Phi) is 5.46. The highest BCUT2D eigenvalue weighted by atomic mass is 79.9. The lowest BCUT2D eigenvalue weighted by Gasteiger charge is -2.07. The van der Waals surface area contributed by atoms with Gasteiger partial charge in [-0.1, -0.05) is 57.3 Å². The van der Waals surface area contributed by atoms with Gasteiger partial charge in [-0.2, -0.15) is 0 Å². The molecule has 104 valence electrons. The van der Waals surface area contributed by atoms with Crippen molar-refractivity contribution in [3.63, 3.8) is 0 Å². The Morgan fingerprint density at radius 2 is 1.80 bits per heavy atom. The zero-order valence-electron chi connectivity index (χ0n) is 10.5. The average Bonchev–Trinajstić information content (AvgIpc) is 2.40. The summed E-state index contributed by atoms with van der Waals surface area (Å²) in [5.41, 5.74) is 1.81. The van der Waals surface area contributed by atoms with E-state index >= 15 is 0 Å². The SMILES string of the molecule is O=C(Cc1ccc(Br)cc1)NCc1ccc(Cl)cc1Cl. The van der Waals surface area contributed by atoms with Crippen LogP contribution in [0.5, 0.6) is 0 Å². The fraction of sp³-hybridized carbons (Fsp3) is 0.133. The summed E-state index contributed by atoms with van der Waals surface area (Å²) in [6, 6.07) is 12.9. The molecule has 2 rings (SSSR count). The second kappa shape index (κ2) is 7.11. The first-order valence-electron chi connectivity index (χ1n) is 5.99. The summed E-state index contributed by atoms with van der Waals surface area (Å²) in [6.07, 6.45) is 0.346. The molecule has 0 spiro atoms.